The van der Waals surface area contributed by atoms with Gasteiger partial charge in [0.25, 0.3) is 5.91 Å². The Bertz CT molecular complexity index is 635. The van der Waals surface area contributed by atoms with Crippen LogP contribution in [-0.2, 0) is 5.41 Å². The number of carbonyl (C=O) groups excluding carboxylic acids is 1. The molecule has 0 aliphatic rings. The number of hydrogen-bond acceptors (Lipinski definition) is 2. The maximum absolute atomic E-state index is 12.3. The molecule has 0 radical (unpaired) electrons. The number of hydrogen-bond donors (Lipinski definition) is 1. The van der Waals surface area contributed by atoms with E-state index in [4.69, 9.17) is 0 Å². The number of benzene rings is 2. The van der Waals surface area contributed by atoms with Crippen LogP contribution in [0.1, 0.15) is 36.7 Å². The van der Waals surface area contributed by atoms with Gasteiger partial charge in [-0.2, -0.15) is 0 Å². The fourth-order valence-corrected chi connectivity index (χ4v) is 2.17. The van der Waals surface area contributed by atoms with Gasteiger partial charge >= 0.3 is 0 Å². The molecule has 2 aromatic rings. The highest BCUT2D eigenvalue weighted by atomic mass is 16.1. The first-order valence-corrected chi connectivity index (χ1v) is 7.46. The van der Waals surface area contributed by atoms with E-state index in [2.05, 4.69) is 38.2 Å². The van der Waals surface area contributed by atoms with Crippen LogP contribution in [0, 0.1) is 0 Å². The molecule has 0 spiro atoms. The molecular weight excluding hydrogens is 272 g/mol. The van der Waals surface area contributed by atoms with Crippen LogP contribution in [0.25, 0.3) is 0 Å². The first-order chi connectivity index (χ1) is 10.3. The van der Waals surface area contributed by atoms with Crippen LogP contribution < -0.4 is 10.2 Å². The van der Waals surface area contributed by atoms with Gasteiger partial charge < -0.3 is 10.2 Å². The van der Waals surface area contributed by atoms with E-state index in [-0.39, 0.29) is 11.3 Å². The van der Waals surface area contributed by atoms with Crippen LogP contribution in [0.5, 0.6) is 0 Å². The minimum atomic E-state index is -0.0891. The summed E-state index contributed by atoms with van der Waals surface area (Å²) in [5, 5.41) is 2.93. The molecule has 2 aromatic carbocycles. The van der Waals surface area contributed by atoms with E-state index in [1.807, 2.05) is 55.4 Å². The predicted octanol–water partition coefficient (Wildman–Crippen LogP) is 4.30. The Labute approximate surface area is 133 Å². The van der Waals surface area contributed by atoms with Crippen molar-refractivity contribution in [3.63, 3.8) is 0 Å². The smallest absolute Gasteiger partial charge is 0.255 e. The highest BCUT2D eigenvalue weighted by molar-refractivity contribution is 6.04. The Morgan fingerprint density at radius 2 is 1.45 bits per heavy atom. The lowest BCUT2D eigenvalue weighted by Crippen LogP contribution is -2.14. The summed E-state index contributed by atoms with van der Waals surface area (Å²) < 4.78 is 0. The summed E-state index contributed by atoms with van der Waals surface area (Å²) in [5.74, 6) is -0.0891. The van der Waals surface area contributed by atoms with Gasteiger partial charge in [0.05, 0.1) is 0 Å². The molecule has 0 saturated carbocycles. The Kier molecular flexibility index (Phi) is 4.55. The van der Waals surface area contributed by atoms with Gasteiger partial charge in [-0.15, -0.1) is 0 Å². The zero-order valence-electron chi connectivity index (χ0n) is 14.0. The van der Waals surface area contributed by atoms with Crippen LogP contribution >= 0.6 is 0 Å². The Morgan fingerprint density at radius 3 is 1.91 bits per heavy atom. The summed E-state index contributed by atoms with van der Waals surface area (Å²) >= 11 is 0. The van der Waals surface area contributed by atoms with E-state index in [1.165, 1.54) is 5.56 Å². The van der Waals surface area contributed by atoms with Crippen LogP contribution in [-0.4, -0.2) is 20.0 Å². The van der Waals surface area contributed by atoms with Crippen molar-refractivity contribution in [2.75, 3.05) is 24.3 Å². The van der Waals surface area contributed by atoms with Crippen molar-refractivity contribution in [1.29, 1.82) is 0 Å². The van der Waals surface area contributed by atoms with Crippen molar-refractivity contribution >= 4 is 17.3 Å². The van der Waals surface area contributed by atoms with Gasteiger partial charge in [0.15, 0.2) is 0 Å². The minimum Gasteiger partial charge on any atom is -0.378 e. The third kappa shape index (κ3) is 3.88. The van der Waals surface area contributed by atoms with Gasteiger partial charge in [-0.05, 0) is 47.4 Å². The van der Waals surface area contributed by atoms with E-state index in [0.717, 1.165) is 11.4 Å². The fraction of sp³-hybridized carbons (Fsp3) is 0.316. The van der Waals surface area contributed by atoms with Crippen LogP contribution in [0.2, 0.25) is 0 Å². The Hall–Kier alpha value is -2.29. The summed E-state index contributed by atoms with van der Waals surface area (Å²) in [6.07, 6.45) is 0. The highest BCUT2D eigenvalue weighted by Crippen LogP contribution is 2.23. The van der Waals surface area contributed by atoms with Gasteiger partial charge in [0, 0.05) is 31.0 Å². The topological polar surface area (TPSA) is 32.3 Å². The van der Waals surface area contributed by atoms with Gasteiger partial charge in [-0.1, -0.05) is 32.9 Å². The highest BCUT2D eigenvalue weighted by Gasteiger charge is 2.13. The molecule has 1 amide bonds. The van der Waals surface area contributed by atoms with E-state index in [0.29, 0.717) is 5.56 Å². The largest absolute Gasteiger partial charge is 0.378 e. The van der Waals surface area contributed by atoms with Crippen molar-refractivity contribution in [2.45, 2.75) is 26.2 Å². The lowest BCUT2D eigenvalue weighted by Gasteiger charge is -2.19. The number of anilines is 2. The van der Waals surface area contributed by atoms with Gasteiger partial charge in [0.2, 0.25) is 0 Å². The van der Waals surface area contributed by atoms with E-state index in [9.17, 15) is 4.79 Å². The first-order valence-electron chi connectivity index (χ1n) is 7.46. The summed E-state index contributed by atoms with van der Waals surface area (Å²) in [5.41, 5.74) is 3.91. The Balaban J connectivity index is 2.08. The predicted molar refractivity (Wildman–Crippen MR) is 93.9 cm³/mol. The molecule has 22 heavy (non-hydrogen) atoms. The van der Waals surface area contributed by atoms with Crippen LogP contribution in [0.15, 0.2) is 48.5 Å². The molecular formula is C19H24N2O. The number of carbonyl (C=O) groups is 1. The lowest BCUT2D eigenvalue weighted by molar-refractivity contribution is 0.102. The molecule has 3 nitrogen and oxygen atoms in total. The monoisotopic (exact) mass is 296 g/mol. The summed E-state index contributed by atoms with van der Waals surface area (Å²) in [6.45, 7) is 6.52. The zero-order chi connectivity index (χ0) is 16.3. The molecule has 0 saturated heterocycles. The third-order valence-electron chi connectivity index (χ3n) is 3.65. The molecule has 0 fully saturated rings. The standard InChI is InChI=1S/C19H24N2O/c1-19(2,3)15-8-10-16(11-9-15)20-18(22)14-6-12-17(13-7-14)21(4)5/h6-13H,1-5H3,(H,20,22). The second kappa shape index (κ2) is 6.22. The second-order valence-corrected chi connectivity index (χ2v) is 6.72. The molecule has 1 N–H and O–H groups in total. The SMILES string of the molecule is CN(C)c1ccc(C(=O)Nc2ccc(C(C)(C)C)cc2)cc1. The van der Waals surface area contributed by atoms with Crippen molar-refractivity contribution in [3.8, 4) is 0 Å². The summed E-state index contributed by atoms with van der Waals surface area (Å²) in [7, 11) is 3.96. The molecule has 0 unspecified atom stereocenters. The zero-order valence-corrected chi connectivity index (χ0v) is 14.0. The molecule has 2 rings (SSSR count). The first kappa shape index (κ1) is 16.1. The number of rotatable bonds is 3. The van der Waals surface area contributed by atoms with E-state index < -0.39 is 0 Å². The average molecular weight is 296 g/mol. The molecule has 0 aliphatic carbocycles. The van der Waals surface area contributed by atoms with Gasteiger partial charge in [-0.3, -0.25) is 4.79 Å². The van der Waals surface area contributed by atoms with Gasteiger partial charge in [0.1, 0.15) is 0 Å². The normalized spacial score (nSPS) is 11.1. The molecule has 0 heterocycles. The number of nitrogens with zero attached hydrogens (tertiary/aromatic N) is 1. The van der Waals surface area contributed by atoms with Gasteiger partial charge in [-0.25, -0.2) is 0 Å². The number of nitrogens with one attached hydrogen (secondary N) is 1. The third-order valence-corrected chi connectivity index (χ3v) is 3.65. The average Bonchev–Trinajstić information content (AvgIpc) is 2.47. The van der Waals surface area contributed by atoms with Crippen molar-refractivity contribution in [3.05, 3.63) is 59.7 Å². The molecule has 0 bridgehead atoms. The maximum atomic E-state index is 12.3. The van der Waals surface area contributed by atoms with Crippen molar-refractivity contribution in [1.82, 2.24) is 0 Å². The molecule has 3 heteroatoms. The van der Waals surface area contributed by atoms with Crippen LogP contribution in [0.4, 0.5) is 11.4 Å². The lowest BCUT2D eigenvalue weighted by atomic mass is 9.87. The van der Waals surface area contributed by atoms with E-state index >= 15 is 0 Å². The quantitative estimate of drug-likeness (QED) is 0.915. The maximum Gasteiger partial charge on any atom is 0.255 e. The Morgan fingerprint density at radius 1 is 0.909 bits per heavy atom. The molecule has 0 aliphatic heterocycles. The summed E-state index contributed by atoms with van der Waals surface area (Å²) in [6, 6.07) is 15.6. The summed E-state index contributed by atoms with van der Waals surface area (Å²) in [4.78, 5) is 14.3. The molecule has 0 aromatic heterocycles. The van der Waals surface area contributed by atoms with Crippen LogP contribution in [0.3, 0.4) is 0 Å². The van der Waals surface area contributed by atoms with Crippen molar-refractivity contribution < 1.29 is 4.79 Å². The number of amides is 1. The second-order valence-electron chi connectivity index (χ2n) is 6.72. The minimum absolute atomic E-state index is 0.0891. The van der Waals surface area contributed by atoms with Crippen molar-refractivity contribution in [2.24, 2.45) is 0 Å². The molecule has 116 valence electrons. The molecule has 0 atom stereocenters. The fourth-order valence-electron chi connectivity index (χ4n) is 2.17. The van der Waals surface area contributed by atoms with E-state index in [1.54, 1.807) is 0 Å².